The van der Waals surface area contributed by atoms with Gasteiger partial charge in [-0.1, -0.05) is 115 Å². The van der Waals surface area contributed by atoms with E-state index in [4.69, 9.17) is 19.4 Å². The van der Waals surface area contributed by atoms with E-state index in [1.807, 2.05) is 48.8 Å². The molecule has 7 aromatic heterocycles. The third kappa shape index (κ3) is 5.67. The maximum atomic E-state index is 6.02. The summed E-state index contributed by atoms with van der Waals surface area (Å²) in [5.41, 5.74) is 17.4. The van der Waals surface area contributed by atoms with Crippen LogP contribution in [0.1, 0.15) is 0 Å². The first-order valence-corrected chi connectivity index (χ1v) is 21.0. The molecule has 0 amide bonds. The van der Waals surface area contributed by atoms with E-state index in [0.717, 1.165) is 95.0 Å². The fraction of sp³-hybridized carbons (Fsp3) is 0. The number of pyridine rings is 4. The third-order valence-electron chi connectivity index (χ3n) is 12.2. The van der Waals surface area contributed by atoms with Gasteiger partial charge in [0, 0.05) is 50.6 Å². The number of para-hydroxylation sites is 2. The van der Waals surface area contributed by atoms with Gasteiger partial charge in [-0.05, 0) is 83.9 Å². The summed E-state index contributed by atoms with van der Waals surface area (Å²) in [6.07, 6.45) is 5.56. The van der Waals surface area contributed by atoms with Crippen LogP contribution in [0.3, 0.4) is 0 Å². The van der Waals surface area contributed by atoms with E-state index < -0.39 is 0 Å². The highest BCUT2D eigenvalue weighted by Crippen LogP contribution is 2.40. The molecule has 13 aromatic rings. The summed E-state index contributed by atoms with van der Waals surface area (Å²) in [6, 6.07) is 66.2. The summed E-state index contributed by atoms with van der Waals surface area (Å²) in [5, 5.41) is 4.74. The van der Waals surface area contributed by atoms with Crippen LogP contribution >= 0.6 is 0 Å². The Kier molecular flexibility index (Phi) is 7.77. The number of furan rings is 1. The zero-order valence-corrected chi connectivity index (χ0v) is 33.7. The predicted molar refractivity (Wildman–Crippen MR) is 255 cm³/mol. The van der Waals surface area contributed by atoms with Crippen LogP contribution in [0.25, 0.3) is 122 Å². The Morgan fingerprint density at radius 2 is 0.968 bits per heavy atom. The highest BCUT2D eigenvalue weighted by Gasteiger charge is 2.19. The minimum absolute atomic E-state index is 0.710. The quantitative estimate of drug-likeness (QED) is 0.167. The molecule has 0 spiro atoms. The van der Waals surface area contributed by atoms with E-state index in [1.54, 1.807) is 6.20 Å². The van der Waals surface area contributed by atoms with Crippen LogP contribution in [0.15, 0.2) is 211 Å². The smallest absolute Gasteiger partial charge is 0.155 e. The number of fused-ring (bicyclic) bond motifs is 9. The number of hydrogen-bond donors (Lipinski definition) is 0. The molecule has 0 radical (unpaired) electrons. The zero-order valence-electron chi connectivity index (χ0n) is 33.7. The van der Waals surface area contributed by atoms with Gasteiger partial charge in [0.1, 0.15) is 11.0 Å². The van der Waals surface area contributed by atoms with Gasteiger partial charge in [-0.2, -0.15) is 0 Å². The molecule has 0 atom stereocenters. The summed E-state index contributed by atoms with van der Waals surface area (Å²) in [5.74, 6) is 0. The molecule has 7 nitrogen and oxygen atoms in total. The summed E-state index contributed by atoms with van der Waals surface area (Å²) in [4.78, 5) is 19.5. The molecule has 0 aliphatic rings. The van der Waals surface area contributed by atoms with Gasteiger partial charge in [0.2, 0.25) is 0 Å². The fourth-order valence-corrected chi connectivity index (χ4v) is 9.34. The molecular formula is C56H34N6O. The van der Waals surface area contributed by atoms with Crippen LogP contribution in [0.2, 0.25) is 0 Å². The van der Waals surface area contributed by atoms with Crippen molar-refractivity contribution in [3.8, 4) is 56.3 Å². The predicted octanol–water partition coefficient (Wildman–Crippen LogP) is 14.0. The van der Waals surface area contributed by atoms with Crippen molar-refractivity contribution in [2.24, 2.45) is 0 Å². The number of rotatable bonds is 6. The molecule has 6 aromatic carbocycles. The van der Waals surface area contributed by atoms with Crippen molar-refractivity contribution in [1.82, 2.24) is 29.1 Å². The van der Waals surface area contributed by atoms with E-state index in [1.165, 1.54) is 21.5 Å². The van der Waals surface area contributed by atoms with Crippen LogP contribution < -0.4 is 0 Å². The maximum Gasteiger partial charge on any atom is 0.155 e. The average molecular weight is 807 g/mol. The summed E-state index contributed by atoms with van der Waals surface area (Å²) in [6.45, 7) is 0. The summed E-state index contributed by atoms with van der Waals surface area (Å²) < 4.78 is 10.7. The van der Waals surface area contributed by atoms with Crippen molar-refractivity contribution < 1.29 is 4.42 Å². The highest BCUT2D eigenvalue weighted by atomic mass is 16.3. The zero-order chi connectivity index (χ0) is 41.4. The molecule has 0 saturated heterocycles. The molecule has 0 N–H and O–H groups in total. The lowest BCUT2D eigenvalue weighted by Gasteiger charge is -2.14. The van der Waals surface area contributed by atoms with Crippen LogP contribution in [0, 0.1) is 0 Å². The van der Waals surface area contributed by atoms with Crippen molar-refractivity contribution in [2.45, 2.75) is 0 Å². The molecule has 0 aliphatic heterocycles. The highest BCUT2D eigenvalue weighted by molar-refractivity contribution is 6.12. The van der Waals surface area contributed by atoms with Crippen LogP contribution in [0.5, 0.6) is 0 Å². The third-order valence-corrected chi connectivity index (χ3v) is 12.2. The van der Waals surface area contributed by atoms with Crippen molar-refractivity contribution in [3.05, 3.63) is 207 Å². The Bertz CT molecular complexity index is 3860. The Labute approximate surface area is 360 Å². The average Bonchev–Trinajstić information content (AvgIpc) is 4.01. The SMILES string of the molecule is c1ccc(-c2cc(-n3c4ccccc4c4ccc(-c5ccc6c(c5)c5ccccc5n6-c5cncc(-c6ccc7oc8cccnc8c7n6)c5)cc43)cc(-c3ccccc3)n2)cc1. The number of hydrogen-bond acceptors (Lipinski definition) is 5. The molecule has 0 unspecified atom stereocenters. The molecule has 0 aliphatic carbocycles. The van der Waals surface area contributed by atoms with E-state index in [9.17, 15) is 0 Å². The first kappa shape index (κ1) is 35.1. The van der Waals surface area contributed by atoms with Gasteiger partial charge in [-0.15, -0.1) is 0 Å². The second kappa shape index (κ2) is 13.9. The Morgan fingerprint density at radius 3 is 1.73 bits per heavy atom. The number of nitrogens with zero attached hydrogens (tertiary/aromatic N) is 6. The second-order valence-electron chi connectivity index (χ2n) is 15.9. The Balaban J connectivity index is 0.961. The van der Waals surface area contributed by atoms with Gasteiger partial charge in [0.25, 0.3) is 0 Å². The van der Waals surface area contributed by atoms with Gasteiger partial charge in [-0.3, -0.25) is 9.97 Å². The Hall–Kier alpha value is -8.68. The maximum absolute atomic E-state index is 6.02. The second-order valence-corrected chi connectivity index (χ2v) is 15.9. The molecule has 13 rings (SSSR count). The van der Waals surface area contributed by atoms with Gasteiger partial charge >= 0.3 is 0 Å². The summed E-state index contributed by atoms with van der Waals surface area (Å²) in [7, 11) is 0. The van der Waals surface area contributed by atoms with E-state index >= 15 is 0 Å². The van der Waals surface area contributed by atoms with Gasteiger partial charge in [0.05, 0.1) is 56.7 Å². The van der Waals surface area contributed by atoms with Gasteiger partial charge < -0.3 is 13.6 Å². The molecule has 294 valence electrons. The largest absolute Gasteiger partial charge is 0.453 e. The molecule has 0 saturated carbocycles. The lowest BCUT2D eigenvalue weighted by molar-refractivity contribution is 0.667. The first-order valence-electron chi connectivity index (χ1n) is 21.0. The van der Waals surface area contributed by atoms with Gasteiger partial charge in [-0.25, -0.2) is 9.97 Å². The van der Waals surface area contributed by atoms with Crippen LogP contribution in [-0.2, 0) is 0 Å². The topological polar surface area (TPSA) is 74.6 Å². The van der Waals surface area contributed by atoms with Gasteiger partial charge in [0.15, 0.2) is 11.2 Å². The van der Waals surface area contributed by atoms with E-state index in [2.05, 4.69) is 166 Å². The molecule has 63 heavy (non-hydrogen) atoms. The van der Waals surface area contributed by atoms with Crippen LogP contribution in [0.4, 0.5) is 0 Å². The molecule has 0 bridgehead atoms. The molecule has 7 heterocycles. The fourth-order valence-electron chi connectivity index (χ4n) is 9.34. The van der Waals surface area contributed by atoms with Crippen molar-refractivity contribution in [1.29, 1.82) is 0 Å². The molecule has 0 fully saturated rings. The van der Waals surface area contributed by atoms with Crippen molar-refractivity contribution in [2.75, 3.05) is 0 Å². The number of benzene rings is 6. The number of aromatic nitrogens is 6. The molecule has 7 heteroatoms. The van der Waals surface area contributed by atoms with E-state index in [0.29, 0.717) is 5.58 Å². The minimum Gasteiger partial charge on any atom is -0.453 e. The Morgan fingerprint density at radius 1 is 0.349 bits per heavy atom. The normalized spacial score (nSPS) is 11.8. The standard InChI is InChI=1S/C56H34N6O/c1-3-12-35(13-4-1)47-31-40(32-48(59-47)36-14-5-2-6-15-36)61-49-18-9-7-16-42(49)44-23-21-38(30-52(44)61)37-22-25-51-45(29-37)43-17-8-10-19-50(43)62(51)41-28-39(33-57-34-41)46-24-26-54-56(60-46)55-53(63-54)20-11-27-58-55/h1-34H. The minimum atomic E-state index is 0.710. The lowest BCUT2D eigenvalue weighted by atomic mass is 10.0. The van der Waals surface area contributed by atoms with Crippen molar-refractivity contribution in [3.63, 3.8) is 0 Å². The lowest BCUT2D eigenvalue weighted by Crippen LogP contribution is -1.98. The molecular weight excluding hydrogens is 773 g/mol. The first-order chi connectivity index (χ1) is 31.2. The monoisotopic (exact) mass is 806 g/mol. The van der Waals surface area contributed by atoms with E-state index in [-0.39, 0.29) is 0 Å². The van der Waals surface area contributed by atoms with Crippen LogP contribution in [-0.4, -0.2) is 29.1 Å². The van der Waals surface area contributed by atoms with Crippen molar-refractivity contribution >= 4 is 65.8 Å². The summed E-state index contributed by atoms with van der Waals surface area (Å²) >= 11 is 0.